The fourth-order valence-corrected chi connectivity index (χ4v) is 3.32. The molecular formula is C22H47NaO5S. The van der Waals surface area contributed by atoms with Crippen LogP contribution in [0.25, 0.3) is 0 Å². The van der Waals surface area contributed by atoms with Crippen LogP contribution >= 0.6 is 0 Å². The Morgan fingerprint density at radius 1 is 0.621 bits per heavy atom. The molecule has 0 atom stereocenters. The molecule has 0 aromatic heterocycles. The number of rotatable bonds is 20. The van der Waals surface area contributed by atoms with Gasteiger partial charge < -0.3 is 9.66 Å². The molecule has 0 amide bonds. The van der Waals surface area contributed by atoms with E-state index in [1.807, 2.05) is 0 Å². The van der Waals surface area contributed by atoms with Crippen molar-refractivity contribution in [1.29, 1.82) is 0 Å². The van der Waals surface area contributed by atoms with Gasteiger partial charge in [-0.15, -0.1) is 0 Å². The first-order valence-electron chi connectivity index (χ1n) is 11.7. The zero-order valence-electron chi connectivity index (χ0n) is 19.6. The van der Waals surface area contributed by atoms with Gasteiger partial charge in [0.1, 0.15) is 0 Å². The summed E-state index contributed by atoms with van der Waals surface area (Å²) in [5.74, 6) is 0. The SMILES string of the molecule is CCCCCCCCCCCCO.CCCCCCCCCCOS(=O)(=O)[O-].[Na+]. The average molecular weight is 447 g/mol. The largest absolute Gasteiger partial charge is 1.00 e. The molecule has 0 aromatic carbocycles. The normalized spacial score (nSPS) is 10.9. The minimum atomic E-state index is -4.48. The Bertz CT molecular complexity index is 367. The van der Waals surface area contributed by atoms with Crippen LogP contribution in [0.4, 0.5) is 0 Å². The average Bonchev–Trinajstić information content (AvgIpc) is 2.65. The van der Waals surface area contributed by atoms with Gasteiger partial charge in [0.05, 0.1) is 6.61 Å². The predicted octanol–water partition coefficient (Wildman–Crippen LogP) is 3.51. The van der Waals surface area contributed by atoms with Crippen LogP contribution in [0.1, 0.15) is 129 Å². The number of aliphatic hydroxyl groups excluding tert-OH is 1. The Balaban J connectivity index is -0.000000455. The summed E-state index contributed by atoms with van der Waals surface area (Å²) in [5.41, 5.74) is 0. The molecular weight excluding hydrogens is 399 g/mol. The second-order valence-electron chi connectivity index (χ2n) is 7.61. The molecule has 0 spiro atoms. The van der Waals surface area contributed by atoms with Gasteiger partial charge in [-0.1, -0.05) is 117 Å². The summed E-state index contributed by atoms with van der Waals surface area (Å²) < 4.78 is 34.3. The van der Waals surface area contributed by atoms with Crippen molar-refractivity contribution in [2.45, 2.75) is 129 Å². The van der Waals surface area contributed by atoms with Crippen LogP contribution in [0.2, 0.25) is 0 Å². The molecule has 0 radical (unpaired) electrons. The fraction of sp³-hybridized carbons (Fsp3) is 1.00. The van der Waals surface area contributed by atoms with E-state index in [1.54, 1.807) is 0 Å². The molecule has 0 fully saturated rings. The predicted molar refractivity (Wildman–Crippen MR) is 117 cm³/mol. The molecule has 0 saturated heterocycles. The van der Waals surface area contributed by atoms with Crippen molar-refractivity contribution in [1.82, 2.24) is 0 Å². The van der Waals surface area contributed by atoms with Gasteiger partial charge in [0.2, 0.25) is 10.4 Å². The summed E-state index contributed by atoms with van der Waals surface area (Å²) in [5, 5.41) is 8.57. The van der Waals surface area contributed by atoms with Crippen LogP contribution in [0.5, 0.6) is 0 Å². The molecule has 1 N–H and O–H groups in total. The molecule has 7 heteroatoms. The van der Waals surface area contributed by atoms with E-state index in [2.05, 4.69) is 18.0 Å². The molecule has 0 aliphatic heterocycles. The second-order valence-corrected chi connectivity index (χ2v) is 8.66. The maximum atomic E-state index is 10.1. The minimum absolute atomic E-state index is 0. The van der Waals surface area contributed by atoms with E-state index < -0.39 is 10.4 Å². The topological polar surface area (TPSA) is 86.7 Å². The summed E-state index contributed by atoms with van der Waals surface area (Å²) in [6.07, 6.45) is 22.2. The zero-order valence-corrected chi connectivity index (χ0v) is 22.4. The molecule has 0 bridgehead atoms. The number of aliphatic hydroxyl groups is 1. The first-order valence-corrected chi connectivity index (χ1v) is 13.0. The Morgan fingerprint density at radius 2 is 0.931 bits per heavy atom. The van der Waals surface area contributed by atoms with Crippen LogP contribution in [0.15, 0.2) is 0 Å². The third kappa shape index (κ3) is 39.8. The van der Waals surface area contributed by atoms with Crippen molar-refractivity contribution in [3.05, 3.63) is 0 Å². The van der Waals surface area contributed by atoms with Gasteiger partial charge in [-0.2, -0.15) is 0 Å². The number of hydrogen-bond donors (Lipinski definition) is 1. The van der Waals surface area contributed by atoms with Crippen molar-refractivity contribution >= 4 is 10.4 Å². The van der Waals surface area contributed by atoms with E-state index in [-0.39, 0.29) is 36.2 Å². The van der Waals surface area contributed by atoms with Crippen molar-refractivity contribution in [3.8, 4) is 0 Å². The Kier molecular flexibility index (Phi) is 34.2. The minimum Gasteiger partial charge on any atom is -0.726 e. The van der Waals surface area contributed by atoms with E-state index in [0.29, 0.717) is 13.0 Å². The van der Waals surface area contributed by atoms with Gasteiger partial charge in [-0.25, -0.2) is 8.42 Å². The Morgan fingerprint density at radius 3 is 1.24 bits per heavy atom. The van der Waals surface area contributed by atoms with Gasteiger partial charge in [-0.3, -0.25) is 4.18 Å². The second kappa shape index (κ2) is 28.8. The Hall–Kier alpha value is 0.830. The molecule has 29 heavy (non-hydrogen) atoms. The first kappa shape index (κ1) is 34.4. The molecule has 0 saturated carbocycles. The van der Waals surface area contributed by atoms with Crippen molar-refractivity contribution < 1.29 is 51.8 Å². The van der Waals surface area contributed by atoms with E-state index in [4.69, 9.17) is 5.11 Å². The third-order valence-electron chi connectivity index (χ3n) is 4.74. The quantitative estimate of drug-likeness (QED) is 0.134. The van der Waals surface area contributed by atoms with Crippen molar-refractivity contribution in [2.24, 2.45) is 0 Å². The maximum Gasteiger partial charge on any atom is 1.00 e. The number of hydrogen-bond acceptors (Lipinski definition) is 5. The molecule has 0 unspecified atom stereocenters. The summed E-state index contributed by atoms with van der Waals surface area (Å²) in [6.45, 7) is 4.84. The molecule has 0 aromatic rings. The summed E-state index contributed by atoms with van der Waals surface area (Å²) >= 11 is 0. The summed E-state index contributed by atoms with van der Waals surface area (Å²) in [4.78, 5) is 0. The van der Waals surface area contributed by atoms with Gasteiger partial charge in [0.15, 0.2) is 0 Å². The Labute approximate surface area is 204 Å². The molecule has 5 nitrogen and oxygen atoms in total. The van der Waals surface area contributed by atoms with Gasteiger partial charge in [0.25, 0.3) is 0 Å². The summed E-state index contributed by atoms with van der Waals surface area (Å²) in [6, 6.07) is 0. The van der Waals surface area contributed by atoms with Crippen LogP contribution in [-0.2, 0) is 14.6 Å². The molecule has 0 heterocycles. The summed E-state index contributed by atoms with van der Waals surface area (Å²) in [7, 11) is -4.48. The van der Waals surface area contributed by atoms with Gasteiger partial charge >= 0.3 is 29.6 Å². The maximum absolute atomic E-state index is 10.1. The van der Waals surface area contributed by atoms with Gasteiger partial charge in [0, 0.05) is 6.61 Å². The van der Waals surface area contributed by atoms with Crippen LogP contribution in [-0.4, -0.2) is 31.3 Å². The van der Waals surface area contributed by atoms with Crippen molar-refractivity contribution in [2.75, 3.05) is 13.2 Å². The third-order valence-corrected chi connectivity index (χ3v) is 5.19. The van der Waals surface area contributed by atoms with Crippen LogP contribution in [0, 0.1) is 0 Å². The molecule has 0 aliphatic carbocycles. The number of unbranched alkanes of at least 4 members (excludes halogenated alkanes) is 16. The van der Waals surface area contributed by atoms with E-state index in [1.165, 1.54) is 89.9 Å². The van der Waals surface area contributed by atoms with Crippen molar-refractivity contribution in [3.63, 3.8) is 0 Å². The van der Waals surface area contributed by atoms with Crippen LogP contribution < -0.4 is 29.6 Å². The van der Waals surface area contributed by atoms with Gasteiger partial charge in [-0.05, 0) is 12.8 Å². The fourth-order valence-electron chi connectivity index (χ4n) is 3.00. The first-order chi connectivity index (χ1) is 13.5. The van der Waals surface area contributed by atoms with Crippen LogP contribution in [0.3, 0.4) is 0 Å². The molecule has 0 aliphatic rings. The molecule has 0 rings (SSSR count). The van der Waals surface area contributed by atoms with E-state index in [0.717, 1.165) is 19.3 Å². The zero-order chi connectivity index (χ0) is 21.3. The molecule has 172 valence electrons. The van der Waals surface area contributed by atoms with E-state index in [9.17, 15) is 13.0 Å². The smallest absolute Gasteiger partial charge is 0.726 e. The standard InChI is InChI=1S/C12H26O.C10H22O4S.Na/c1-2-3-4-5-6-7-8-9-10-11-12-13;1-2-3-4-5-6-7-8-9-10-14-15(11,12)13;/h13H,2-12H2,1H3;2-10H2,1H3,(H,11,12,13);/q;;+1/p-1. The van der Waals surface area contributed by atoms with E-state index >= 15 is 0 Å². The monoisotopic (exact) mass is 446 g/mol.